The number of nitrogens with one attached hydrogen (secondary N) is 2. The average Bonchev–Trinajstić information content (AvgIpc) is 3.25. The minimum absolute atomic E-state index is 0.213. The van der Waals surface area contributed by atoms with Crippen molar-refractivity contribution >= 4 is 29.2 Å². The lowest BCUT2D eigenvalue weighted by Crippen LogP contribution is -2.47. The van der Waals surface area contributed by atoms with Gasteiger partial charge in [0, 0.05) is 10.4 Å². The number of hydrogen-bond acceptors (Lipinski definition) is 4. The second-order valence-corrected chi connectivity index (χ2v) is 8.97. The number of rotatable bonds is 4. The van der Waals surface area contributed by atoms with Gasteiger partial charge in [0.15, 0.2) is 0 Å². The van der Waals surface area contributed by atoms with Gasteiger partial charge >= 0.3 is 6.03 Å². The smallest absolute Gasteiger partial charge is 0.325 e. The summed E-state index contributed by atoms with van der Waals surface area (Å²) in [5.41, 5.74) is 3.22. The highest BCUT2D eigenvalue weighted by atomic mass is 32.1. The summed E-state index contributed by atoms with van der Waals surface area (Å²) in [5, 5.41) is 7.74. The lowest BCUT2D eigenvalue weighted by atomic mass is 9.80. The van der Waals surface area contributed by atoms with Gasteiger partial charge < -0.3 is 10.6 Å². The first-order valence-corrected chi connectivity index (χ1v) is 10.8. The third kappa shape index (κ3) is 3.33. The molecule has 2 atom stereocenters. The summed E-state index contributed by atoms with van der Waals surface area (Å²) in [6.45, 7) is 5.69. The minimum atomic E-state index is -1.01. The quantitative estimate of drug-likeness (QED) is 0.758. The number of thiophene rings is 1. The molecular formula is C22H25N3O3S. The van der Waals surface area contributed by atoms with Crippen LogP contribution in [0.2, 0.25) is 0 Å². The monoisotopic (exact) mass is 411 g/mol. The molecule has 0 saturated carbocycles. The Balaban J connectivity index is 1.47. The fourth-order valence-corrected chi connectivity index (χ4v) is 5.23. The molecule has 29 heavy (non-hydrogen) atoms. The van der Waals surface area contributed by atoms with Crippen molar-refractivity contribution in [1.82, 2.24) is 15.5 Å². The Morgan fingerprint density at radius 1 is 1.28 bits per heavy atom. The molecule has 4 rings (SSSR count). The summed E-state index contributed by atoms with van der Waals surface area (Å²) in [6, 6.07) is 7.26. The maximum absolute atomic E-state index is 13.2. The van der Waals surface area contributed by atoms with Crippen LogP contribution in [0.5, 0.6) is 0 Å². The summed E-state index contributed by atoms with van der Waals surface area (Å²) in [5.74, 6) is -0.673. The number of hydrogen-bond donors (Lipinski definition) is 2. The van der Waals surface area contributed by atoms with Gasteiger partial charge in [0.2, 0.25) is 5.91 Å². The van der Waals surface area contributed by atoms with E-state index in [0.29, 0.717) is 6.42 Å². The predicted molar refractivity (Wildman–Crippen MR) is 112 cm³/mol. The first-order chi connectivity index (χ1) is 13.8. The van der Waals surface area contributed by atoms with Crippen molar-refractivity contribution in [1.29, 1.82) is 0 Å². The molecule has 2 aliphatic rings. The van der Waals surface area contributed by atoms with Gasteiger partial charge in [-0.1, -0.05) is 18.2 Å². The van der Waals surface area contributed by atoms with E-state index < -0.39 is 11.6 Å². The van der Waals surface area contributed by atoms with E-state index in [2.05, 4.69) is 10.6 Å². The third-order valence-electron chi connectivity index (χ3n) is 6.05. The molecule has 2 aromatic rings. The molecule has 6 nitrogen and oxygen atoms in total. The molecule has 1 aromatic carbocycles. The number of benzene rings is 1. The second-order valence-electron chi connectivity index (χ2n) is 7.97. The van der Waals surface area contributed by atoms with Gasteiger partial charge in [-0.3, -0.25) is 14.5 Å². The first kappa shape index (κ1) is 19.6. The van der Waals surface area contributed by atoms with Crippen LogP contribution in [-0.2, 0) is 21.5 Å². The maximum Gasteiger partial charge on any atom is 0.325 e. The molecule has 0 radical (unpaired) electrons. The van der Waals surface area contributed by atoms with Crippen molar-refractivity contribution in [3.63, 3.8) is 0 Å². The van der Waals surface area contributed by atoms with Crippen molar-refractivity contribution in [2.75, 3.05) is 6.54 Å². The Kier molecular flexibility index (Phi) is 4.94. The highest BCUT2D eigenvalue weighted by molar-refractivity contribution is 7.10. The van der Waals surface area contributed by atoms with Crippen LogP contribution in [0.3, 0.4) is 0 Å². The first-order valence-electron chi connectivity index (χ1n) is 9.89. The summed E-state index contributed by atoms with van der Waals surface area (Å²) >= 11 is 1.61. The van der Waals surface area contributed by atoms with E-state index in [9.17, 15) is 14.4 Å². The highest BCUT2D eigenvalue weighted by Crippen LogP contribution is 2.42. The van der Waals surface area contributed by atoms with Crippen LogP contribution in [0.1, 0.15) is 52.9 Å². The van der Waals surface area contributed by atoms with Crippen molar-refractivity contribution in [3.05, 3.63) is 56.8 Å². The molecule has 1 aliphatic carbocycles. The molecule has 7 heteroatoms. The summed E-state index contributed by atoms with van der Waals surface area (Å²) < 4.78 is 0. The third-order valence-corrected chi connectivity index (χ3v) is 7.03. The lowest BCUT2D eigenvalue weighted by molar-refractivity contribution is -0.135. The molecule has 1 saturated heterocycles. The molecule has 1 aliphatic heterocycles. The Hall–Kier alpha value is -2.67. The Morgan fingerprint density at radius 2 is 2.07 bits per heavy atom. The SMILES string of the molecule is Cc1ccc(C(C)NC(=O)CN2C(=O)NC3(CCCc4sccc43)C2=O)cc1C. The number of carbonyl (C=O) groups excluding carboxylic acids is 3. The van der Waals surface area contributed by atoms with Crippen molar-refractivity contribution in [3.8, 4) is 0 Å². The Bertz CT molecular complexity index is 999. The molecule has 0 bridgehead atoms. The van der Waals surface area contributed by atoms with E-state index in [-0.39, 0.29) is 24.4 Å². The van der Waals surface area contributed by atoms with Crippen LogP contribution in [-0.4, -0.2) is 29.3 Å². The van der Waals surface area contributed by atoms with Gasteiger partial charge in [0.05, 0.1) is 6.04 Å². The largest absolute Gasteiger partial charge is 0.348 e. The van der Waals surface area contributed by atoms with Gasteiger partial charge in [-0.2, -0.15) is 0 Å². The topological polar surface area (TPSA) is 78.5 Å². The number of aryl methyl sites for hydroxylation is 3. The van der Waals surface area contributed by atoms with Crippen LogP contribution in [0.25, 0.3) is 0 Å². The Labute approximate surface area is 174 Å². The zero-order valence-electron chi connectivity index (χ0n) is 16.9. The van der Waals surface area contributed by atoms with E-state index >= 15 is 0 Å². The van der Waals surface area contributed by atoms with Gasteiger partial charge in [0.1, 0.15) is 12.1 Å². The molecule has 2 heterocycles. The minimum Gasteiger partial charge on any atom is -0.348 e. The number of urea groups is 1. The number of fused-ring (bicyclic) bond motifs is 2. The number of nitrogens with zero attached hydrogens (tertiary/aromatic N) is 1. The van der Waals surface area contributed by atoms with Gasteiger partial charge in [0.25, 0.3) is 5.91 Å². The zero-order chi connectivity index (χ0) is 20.8. The van der Waals surface area contributed by atoms with Crippen LogP contribution < -0.4 is 10.6 Å². The van der Waals surface area contributed by atoms with Crippen LogP contribution in [0.15, 0.2) is 29.6 Å². The molecule has 4 amide bonds. The van der Waals surface area contributed by atoms with Crippen LogP contribution >= 0.6 is 11.3 Å². The fraction of sp³-hybridized carbons (Fsp3) is 0.409. The normalized spacial score (nSPS) is 21.8. The van der Waals surface area contributed by atoms with E-state index in [0.717, 1.165) is 39.3 Å². The molecule has 152 valence electrons. The molecule has 1 aromatic heterocycles. The van der Waals surface area contributed by atoms with E-state index in [1.54, 1.807) is 11.3 Å². The van der Waals surface area contributed by atoms with E-state index in [4.69, 9.17) is 0 Å². The fourth-order valence-electron chi connectivity index (χ4n) is 4.23. The maximum atomic E-state index is 13.2. The standard InChI is InChI=1S/C22H25N3O3S/c1-13-6-7-16(11-14(13)2)15(3)23-19(26)12-25-20(27)22(24-21(25)28)9-4-5-18-17(22)8-10-29-18/h6-8,10-11,15H,4-5,9,12H2,1-3H3,(H,23,26)(H,24,28). The molecule has 2 unspecified atom stereocenters. The highest BCUT2D eigenvalue weighted by Gasteiger charge is 2.54. The molecule has 1 spiro atoms. The lowest BCUT2D eigenvalue weighted by Gasteiger charge is -2.31. The van der Waals surface area contributed by atoms with Gasteiger partial charge in [-0.25, -0.2) is 4.79 Å². The van der Waals surface area contributed by atoms with Crippen molar-refractivity contribution in [2.45, 2.75) is 51.6 Å². The summed E-state index contributed by atoms with van der Waals surface area (Å²) in [7, 11) is 0. The summed E-state index contributed by atoms with van der Waals surface area (Å²) in [4.78, 5) is 40.6. The van der Waals surface area contributed by atoms with Crippen molar-refractivity contribution in [2.24, 2.45) is 0 Å². The number of imide groups is 1. The second kappa shape index (κ2) is 7.30. The summed E-state index contributed by atoms with van der Waals surface area (Å²) in [6.07, 6.45) is 2.33. The number of carbonyl (C=O) groups is 3. The molecular weight excluding hydrogens is 386 g/mol. The molecule has 1 fully saturated rings. The van der Waals surface area contributed by atoms with E-state index in [1.165, 1.54) is 5.56 Å². The van der Waals surface area contributed by atoms with Gasteiger partial charge in [-0.05, 0) is 68.2 Å². The average molecular weight is 412 g/mol. The van der Waals surface area contributed by atoms with Gasteiger partial charge in [-0.15, -0.1) is 11.3 Å². The van der Waals surface area contributed by atoms with Crippen LogP contribution in [0.4, 0.5) is 4.79 Å². The zero-order valence-corrected chi connectivity index (χ0v) is 17.7. The van der Waals surface area contributed by atoms with E-state index in [1.807, 2.05) is 50.4 Å². The predicted octanol–water partition coefficient (Wildman–Crippen LogP) is 3.33. The molecule has 2 N–H and O–H groups in total. The van der Waals surface area contributed by atoms with Crippen molar-refractivity contribution < 1.29 is 14.4 Å². The number of amides is 4. The van der Waals surface area contributed by atoms with Crippen LogP contribution in [0, 0.1) is 13.8 Å². The Morgan fingerprint density at radius 3 is 2.83 bits per heavy atom.